The molecule has 0 bridgehead atoms. The third kappa shape index (κ3) is 3.86. The van der Waals surface area contributed by atoms with Crippen molar-refractivity contribution in [1.29, 1.82) is 0 Å². The van der Waals surface area contributed by atoms with E-state index >= 15 is 0 Å². The topological polar surface area (TPSA) is 123 Å². The average Bonchev–Trinajstić information content (AvgIpc) is 3.54. The van der Waals surface area contributed by atoms with Gasteiger partial charge in [0.2, 0.25) is 11.7 Å². The molecule has 35 heavy (non-hydrogen) atoms. The van der Waals surface area contributed by atoms with Crippen LogP contribution in [0.2, 0.25) is 0 Å². The number of anilines is 1. The van der Waals surface area contributed by atoms with Crippen LogP contribution in [0.4, 0.5) is 10.1 Å². The number of fused-ring (bicyclic) bond motifs is 1. The molecule has 1 aromatic heterocycles. The summed E-state index contributed by atoms with van der Waals surface area (Å²) < 4.78 is 30.3. The van der Waals surface area contributed by atoms with Crippen molar-refractivity contribution < 1.29 is 28.0 Å². The van der Waals surface area contributed by atoms with E-state index in [1.807, 2.05) is 6.92 Å². The van der Waals surface area contributed by atoms with E-state index in [2.05, 4.69) is 20.5 Å². The Bertz CT molecular complexity index is 1340. The van der Waals surface area contributed by atoms with Crippen LogP contribution in [0.25, 0.3) is 11.4 Å². The molecule has 2 amide bonds. The summed E-state index contributed by atoms with van der Waals surface area (Å²) in [7, 11) is 1.53. The van der Waals surface area contributed by atoms with Crippen LogP contribution in [0.3, 0.4) is 0 Å². The normalized spacial score (nSPS) is 19.0. The van der Waals surface area contributed by atoms with Gasteiger partial charge in [0.05, 0.1) is 19.4 Å². The maximum Gasteiger partial charge on any atom is 0.263 e. The van der Waals surface area contributed by atoms with Gasteiger partial charge in [-0.3, -0.25) is 14.6 Å². The molecule has 0 unspecified atom stereocenters. The second-order valence-electron chi connectivity index (χ2n) is 7.95. The predicted octanol–water partition coefficient (Wildman–Crippen LogP) is 3.08. The van der Waals surface area contributed by atoms with Crippen molar-refractivity contribution in [3.63, 3.8) is 0 Å². The van der Waals surface area contributed by atoms with Crippen molar-refractivity contribution in [3.05, 3.63) is 53.7 Å². The lowest BCUT2D eigenvalue weighted by atomic mass is 10.1. The molecule has 2 atom stereocenters. The maximum absolute atomic E-state index is 14.0. The number of carbonyl (C=O) groups excluding carboxylic acids is 2. The number of aryl methyl sites for hydroxylation is 1. The van der Waals surface area contributed by atoms with Gasteiger partial charge in [-0.2, -0.15) is 10.1 Å². The molecule has 0 N–H and O–H groups in total. The van der Waals surface area contributed by atoms with E-state index in [1.165, 1.54) is 24.3 Å². The SMILES string of the molecule is CCOc1ccc(-c2noc(CN3N=N[C@@H]4C(=O)N(c5ccc(C)c(F)c5)C(=O)[C@@H]43)n2)cc1OC. The summed E-state index contributed by atoms with van der Waals surface area (Å²) in [6, 6.07) is 7.42. The lowest BCUT2D eigenvalue weighted by Gasteiger charge is -2.19. The summed E-state index contributed by atoms with van der Waals surface area (Å²) in [5.41, 5.74) is 1.20. The van der Waals surface area contributed by atoms with Crippen LogP contribution >= 0.6 is 0 Å². The van der Waals surface area contributed by atoms with Gasteiger partial charge >= 0.3 is 0 Å². The van der Waals surface area contributed by atoms with E-state index in [4.69, 9.17) is 14.0 Å². The van der Waals surface area contributed by atoms with Crippen LogP contribution in [0.5, 0.6) is 11.5 Å². The number of aromatic nitrogens is 2. The van der Waals surface area contributed by atoms with Crippen molar-refractivity contribution in [1.82, 2.24) is 15.1 Å². The standard InChI is InChI=1S/C23H21FN6O5/c1-4-34-16-8-6-13(9-17(16)33-3)21-25-18(35-27-21)11-29-20-19(26-28-29)22(31)30(23(20)32)14-7-5-12(2)15(24)10-14/h5-10,19-20H,4,11H2,1-3H3/t19-,20+/m0/s1. The number of hydrogen-bond acceptors (Lipinski definition) is 10. The molecule has 5 rings (SSSR count). The van der Waals surface area contributed by atoms with Crippen LogP contribution in [0.15, 0.2) is 51.3 Å². The summed E-state index contributed by atoms with van der Waals surface area (Å²) >= 11 is 0. The number of rotatable bonds is 7. The number of imide groups is 1. The first-order valence-corrected chi connectivity index (χ1v) is 10.9. The minimum Gasteiger partial charge on any atom is -0.493 e. The van der Waals surface area contributed by atoms with Gasteiger partial charge in [-0.25, -0.2) is 9.29 Å². The molecule has 2 aliphatic rings. The first-order valence-electron chi connectivity index (χ1n) is 10.9. The molecule has 12 heteroatoms. The summed E-state index contributed by atoms with van der Waals surface area (Å²) in [6.45, 7) is 3.92. The van der Waals surface area contributed by atoms with Gasteiger partial charge in [-0.1, -0.05) is 16.4 Å². The highest BCUT2D eigenvalue weighted by Gasteiger charge is 2.55. The van der Waals surface area contributed by atoms with E-state index in [9.17, 15) is 14.0 Å². The number of carbonyl (C=O) groups is 2. The van der Waals surface area contributed by atoms with Gasteiger partial charge in [0.1, 0.15) is 12.4 Å². The van der Waals surface area contributed by atoms with Crippen LogP contribution in [-0.2, 0) is 16.1 Å². The first kappa shape index (κ1) is 22.4. The Balaban J connectivity index is 1.34. The largest absolute Gasteiger partial charge is 0.493 e. The zero-order valence-corrected chi connectivity index (χ0v) is 19.1. The molecule has 1 saturated heterocycles. The minimum atomic E-state index is -1.02. The lowest BCUT2D eigenvalue weighted by molar-refractivity contribution is -0.123. The molecule has 0 aliphatic carbocycles. The van der Waals surface area contributed by atoms with Gasteiger partial charge < -0.3 is 14.0 Å². The number of benzene rings is 2. The summed E-state index contributed by atoms with van der Waals surface area (Å²) in [4.78, 5) is 31.3. The Kier molecular flexibility index (Phi) is 5.63. The molecule has 0 radical (unpaired) electrons. The Morgan fingerprint density at radius 3 is 2.69 bits per heavy atom. The Morgan fingerprint density at radius 1 is 1.11 bits per heavy atom. The van der Waals surface area contributed by atoms with Crippen molar-refractivity contribution in [3.8, 4) is 22.9 Å². The third-order valence-electron chi connectivity index (χ3n) is 5.76. The molecule has 0 saturated carbocycles. The highest BCUT2D eigenvalue weighted by atomic mass is 19.1. The molecule has 1 fully saturated rings. The molecule has 180 valence electrons. The molecular formula is C23H21FN6O5. The smallest absolute Gasteiger partial charge is 0.263 e. The fourth-order valence-corrected chi connectivity index (χ4v) is 3.99. The second kappa shape index (κ2) is 8.78. The van der Waals surface area contributed by atoms with Crippen LogP contribution < -0.4 is 14.4 Å². The van der Waals surface area contributed by atoms with Gasteiger partial charge in [-0.15, -0.1) is 0 Å². The average molecular weight is 480 g/mol. The van der Waals surface area contributed by atoms with Crippen molar-refractivity contribution in [2.45, 2.75) is 32.5 Å². The summed E-state index contributed by atoms with van der Waals surface area (Å²) in [5, 5.41) is 13.3. The zero-order chi connectivity index (χ0) is 24.7. The van der Waals surface area contributed by atoms with E-state index in [1.54, 1.807) is 25.1 Å². The Hall–Kier alpha value is -4.35. The molecular weight excluding hydrogens is 459 g/mol. The summed E-state index contributed by atoms with van der Waals surface area (Å²) in [5.74, 6) is -0.0375. The molecule has 3 aromatic rings. The Morgan fingerprint density at radius 2 is 1.94 bits per heavy atom. The number of nitrogens with zero attached hydrogens (tertiary/aromatic N) is 6. The number of hydrogen-bond donors (Lipinski definition) is 0. The Labute approximate surface area is 199 Å². The number of methoxy groups -OCH3 is 1. The van der Waals surface area contributed by atoms with Crippen molar-refractivity contribution in [2.24, 2.45) is 10.3 Å². The molecule has 2 aliphatic heterocycles. The van der Waals surface area contributed by atoms with E-state index in [-0.39, 0.29) is 18.1 Å². The second-order valence-corrected chi connectivity index (χ2v) is 7.95. The summed E-state index contributed by atoms with van der Waals surface area (Å²) in [6.07, 6.45) is 0. The highest BCUT2D eigenvalue weighted by molar-refractivity contribution is 6.25. The van der Waals surface area contributed by atoms with Gasteiger partial charge in [0.15, 0.2) is 23.6 Å². The first-order chi connectivity index (χ1) is 16.9. The lowest BCUT2D eigenvalue weighted by Crippen LogP contribution is -2.39. The van der Waals surface area contributed by atoms with E-state index in [0.29, 0.717) is 35.1 Å². The van der Waals surface area contributed by atoms with Gasteiger partial charge in [0.25, 0.3) is 11.8 Å². The third-order valence-corrected chi connectivity index (χ3v) is 5.76. The molecule has 2 aromatic carbocycles. The zero-order valence-electron chi connectivity index (χ0n) is 19.1. The molecule has 11 nitrogen and oxygen atoms in total. The van der Waals surface area contributed by atoms with Crippen LogP contribution in [0.1, 0.15) is 18.4 Å². The number of amides is 2. The van der Waals surface area contributed by atoms with E-state index in [0.717, 1.165) is 11.0 Å². The quantitative estimate of drug-likeness (QED) is 0.473. The van der Waals surface area contributed by atoms with Crippen LogP contribution in [-0.4, -0.2) is 52.8 Å². The fraction of sp³-hybridized carbons (Fsp3) is 0.304. The molecule has 0 spiro atoms. The highest BCUT2D eigenvalue weighted by Crippen LogP contribution is 2.34. The number of halogens is 1. The van der Waals surface area contributed by atoms with Crippen molar-refractivity contribution in [2.75, 3.05) is 18.6 Å². The predicted molar refractivity (Wildman–Crippen MR) is 119 cm³/mol. The van der Waals surface area contributed by atoms with E-state index < -0.39 is 29.7 Å². The van der Waals surface area contributed by atoms with Crippen LogP contribution in [0, 0.1) is 12.7 Å². The van der Waals surface area contributed by atoms with Gasteiger partial charge in [0, 0.05) is 5.56 Å². The minimum absolute atomic E-state index is 0.0407. The monoisotopic (exact) mass is 480 g/mol. The fourth-order valence-electron chi connectivity index (χ4n) is 3.99. The van der Waals surface area contributed by atoms with Crippen molar-refractivity contribution >= 4 is 17.5 Å². The molecule has 3 heterocycles. The van der Waals surface area contributed by atoms with Gasteiger partial charge in [-0.05, 0) is 49.7 Å². The number of ether oxygens (including phenoxy) is 2. The maximum atomic E-state index is 14.0.